The van der Waals surface area contributed by atoms with Gasteiger partial charge < -0.3 is 25.2 Å². The molecule has 6 heterocycles. The standard InChI is InChI=1S/C29H30ClF5N6O3/c30-19-8-15(36)7-18(21(19)29(33,34)35)23-22(32)24-20-25(41-16(11-42)3-1-4-17(41)12-43-26(20)37-23)39-27(38-24)44-13-28-5-2-6-40(28)10-14(31)9-28/h7-8,14,16-17,42H,1-6,9-13,36H2/t14-,16?,17+,28+/m1/s1. The van der Waals surface area contributed by atoms with Crippen LogP contribution < -0.4 is 20.1 Å². The molecule has 3 N–H and O–H groups in total. The SMILES string of the molecule is Nc1cc(Cl)c(C(F)(F)F)c(-c2nc3c4c(nc(OC[C@@]56CCCN5C[C@H](F)C6)nc4c2F)N2C(CO)CCC[C@H]2CO3)c1. The number of anilines is 2. The molecule has 0 aliphatic carbocycles. The third-order valence-electron chi connectivity index (χ3n) is 9.32. The van der Waals surface area contributed by atoms with Gasteiger partial charge in [0.2, 0.25) is 5.88 Å². The van der Waals surface area contributed by atoms with Crippen molar-refractivity contribution in [3.05, 3.63) is 28.5 Å². The average Bonchev–Trinajstić information content (AvgIpc) is 3.44. The first kappa shape index (κ1) is 29.5. The van der Waals surface area contributed by atoms with E-state index in [0.717, 1.165) is 31.5 Å². The van der Waals surface area contributed by atoms with Gasteiger partial charge in [-0.3, -0.25) is 4.90 Å². The maximum Gasteiger partial charge on any atom is 0.418 e. The number of halogens is 6. The lowest BCUT2D eigenvalue weighted by Crippen LogP contribution is -2.51. The van der Waals surface area contributed by atoms with E-state index in [2.05, 4.69) is 15.0 Å². The number of benzene rings is 1. The molecule has 44 heavy (non-hydrogen) atoms. The van der Waals surface area contributed by atoms with Crippen LogP contribution in [0.3, 0.4) is 0 Å². The molecule has 9 nitrogen and oxygen atoms in total. The van der Waals surface area contributed by atoms with Crippen LogP contribution in [0.1, 0.15) is 44.1 Å². The van der Waals surface area contributed by atoms with E-state index in [-0.39, 0.29) is 72.6 Å². The number of rotatable bonds is 5. The molecule has 15 heteroatoms. The fourth-order valence-corrected chi connectivity index (χ4v) is 7.75. The van der Waals surface area contributed by atoms with Crippen LogP contribution in [0.2, 0.25) is 5.02 Å². The Kier molecular flexibility index (Phi) is 7.16. The first-order valence-corrected chi connectivity index (χ1v) is 15.0. The number of hydrogen-bond acceptors (Lipinski definition) is 9. The van der Waals surface area contributed by atoms with E-state index < -0.39 is 45.5 Å². The summed E-state index contributed by atoms with van der Waals surface area (Å²) in [7, 11) is 0. The van der Waals surface area contributed by atoms with Crippen molar-refractivity contribution in [1.29, 1.82) is 0 Å². The normalized spacial score (nSPS) is 26.8. The van der Waals surface area contributed by atoms with Crippen LogP contribution in [0.5, 0.6) is 11.9 Å². The minimum atomic E-state index is -4.96. The highest BCUT2D eigenvalue weighted by Gasteiger charge is 2.49. The van der Waals surface area contributed by atoms with Crippen molar-refractivity contribution >= 4 is 34.0 Å². The van der Waals surface area contributed by atoms with Gasteiger partial charge in [0, 0.05) is 24.2 Å². The molecule has 4 aliphatic heterocycles. The third-order valence-corrected chi connectivity index (χ3v) is 9.62. The number of nitrogen functional groups attached to an aromatic ring is 1. The molecule has 7 rings (SSSR count). The van der Waals surface area contributed by atoms with E-state index in [1.165, 1.54) is 0 Å². The number of hydrogen-bond donors (Lipinski definition) is 2. The van der Waals surface area contributed by atoms with Gasteiger partial charge in [-0.25, -0.2) is 13.8 Å². The van der Waals surface area contributed by atoms with Gasteiger partial charge in [0.15, 0.2) is 5.82 Å². The molecule has 1 aromatic carbocycles. The van der Waals surface area contributed by atoms with Crippen LogP contribution >= 0.6 is 11.6 Å². The average molecular weight is 641 g/mol. The summed E-state index contributed by atoms with van der Waals surface area (Å²) >= 11 is 5.99. The van der Waals surface area contributed by atoms with E-state index in [1.54, 1.807) is 0 Å². The zero-order chi connectivity index (χ0) is 31.0. The second kappa shape index (κ2) is 10.7. The number of alkyl halides is 4. The Bertz CT molecular complexity index is 1630. The van der Waals surface area contributed by atoms with E-state index in [9.17, 15) is 22.7 Å². The molecule has 0 spiro atoms. The second-order valence-electron chi connectivity index (χ2n) is 12.1. The number of aliphatic hydroxyl groups excluding tert-OH is 1. The van der Waals surface area contributed by atoms with Crippen LogP contribution in [-0.4, -0.2) is 81.7 Å². The molecule has 4 aliphatic rings. The highest BCUT2D eigenvalue weighted by molar-refractivity contribution is 6.32. The summed E-state index contributed by atoms with van der Waals surface area (Å²) < 4.78 is 85.7. The van der Waals surface area contributed by atoms with Gasteiger partial charge in [-0.2, -0.15) is 23.1 Å². The Balaban J connectivity index is 1.43. The van der Waals surface area contributed by atoms with Crippen LogP contribution in [0.25, 0.3) is 22.2 Å². The largest absolute Gasteiger partial charge is 0.475 e. The molecule has 0 amide bonds. The van der Waals surface area contributed by atoms with Crippen molar-refractivity contribution in [2.24, 2.45) is 0 Å². The predicted molar refractivity (Wildman–Crippen MR) is 152 cm³/mol. The minimum Gasteiger partial charge on any atom is -0.475 e. The quantitative estimate of drug-likeness (QED) is 0.289. The van der Waals surface area contributed by atoms with E-state index in [4.69, 9.17) is 26.8 Å². The smallest absolute Gasteiger partial charge is 0.418 e. The Morgan fingerprint density at radius 1 is 1.18 bits per heavy atom. The van der Waals surface area contributed by atoms with E-state index >= 15 is 4.39 Å². The summed E-state index contributed by atoms with van der Waals surface area (Å²) in [5.41, 5.74) is 2.15. The zero-order valence-electron chi connectivity index (χ0n) is 23.5. The van der Waals surface area contributed by atoms with Gasteiger partial charge in [0.1, 0.15) is 41.8 Å². The summed E-state index contributed by atoms with van der Waals surface area (Å²) in [5.74, 6) is -1.13. The summed E-state index contributed by atoms with van der Waals surface area (Å²) in [6, 6.07) is 1.01. The first-order chi connectivity index (χ1) is 21.0. The second-order valence-corrected chi connectivity index (χ2v) is 12.5. The molecule has 1 unspecified atom stereocenters. The first-order valence-electron chi connectivity index (χ1n) is 14.6. The number of pyridine rings is 1. The number of piperidine rings is 1. The highest BCUT2D eigenvalue weighted by Crippen LogP contribution is 2.47. The van der Waals surface area contributed by atoms with Crippen LogP contribution in [-0.2, 0) is 6.18 Å². The van der Waals surface area contributed by atoms with Crippen molar-refractivity contribution in [1.82, 2.24) is 19.9 Å². The molecule has 236 valence electrons. The number of nitrogens with zero attached hydrogens (tertiary/aromatic N) is 5. The molecular weight excluding hydrogens is 611 g/mol. The Morgan fingerprint density at radius 3 is 2.77 bits per heavy atom. The number of fused-ring (bicyclic) bond motifs is 3. The lowest BCUT2D eigenvalue weighted by molar-refractivity contribution is -0.137. The van der Waals surface area contributed by atoms with Crippen molar-refractivity contribution in [3.8, 4) is 23.1 Å². The van der Waals surface area contributed by atoms with Crippen LogP contribution in [0.4, 0.5) is 33.5 Å². The van der Waals surface area contributed by atoms with Gasteiger partial charge in [-0.05, 0) is 50.8 Å². The fourth-order valence-electron chi connectivity index (χ4n) is 7.42. The monoisotopic (exact) mass is 640 g/mol. The van der Waals surface area contributed by atoms with E-state index in [1.807, 2.05) is 9.80 Å². The number of aliphatic hydroxyl groups is 1. The van der Waals surface area contributed by atoms with Gasteiger partial charge in [0.25, 0.3) is 0 Å². The molecular formula is C29H30ClF5N6O3. The fraction of sp³-hybridized carbons (Fsp3) is 0.552. The lowest BCUT2D eigenvalue weighted by Gasteiger charge is -2.41. The van der Waals surface area contributed by atoms with Gasteiger partial charge in [-0.1, -0.05) is 11.6 Å². The van der Waals surface area contributed by atoms with Crippen molar-refractivity contribution < 1.29 is 36.5 Å². The third kappa shape index (κ3) is 4.76. The number of nitrogens with two attached hydrogens (primary N) is 1. The van der Waals surface area contributed by atoms with Gasteiger partial charge in [0.05, 0.1) is 34.8 Å². The molecule has 3 saturated heterocycles. The predicted octanol–water partition coefficient (Wildman–Crippen LogP) is 5.15. The summed E-state index contributed by atoms with van der Waals surface area (Å²) in [6.45, 7) is 0.937. The summed E-state index contributed by atoms with van der Waals surface area (Å²) in [6.07, 6.45) is -2.00. The maximum absolute atomic E-state index is 16.6. The summed E-state index contributed by atoms with van der Waals surface area (Å²) in [4.78, 5) is 17.1. The van der Waals surface area contributed by atoms with E-state index in [0.29, 0.717) is 25.8 Å². The highest BCUT2D eigenvalue weighted by atomic mass is 35.5. The molecule has 0 saturated carbocycles. The summed E-state index contributed by atoms with van der Waals surface area (Å²) in [5, 5.41) is 9.60. The van der Waals surface area contributed by atoms with Crippen LogP contribution in [0, 0.1) is 5.82 Å². The van der Waals surface area contributed by atoms with Crippen LogP contribution in [0.15, 0.2) is 12.1 Å². The van der Waals surface area contributed by atoms with Crippen molar-refractivity contribution in [2.45, 2.75) is 68.5 Å². The Hall–Kier alpha value is -3.23. The Labute approximate surface area is 254 Å². The molecule has 3 aromatic rings. The number of ether oxygens (including phenoxy) is 2. The molecule has 0 radical (unpaired) electrons. The Morgan fingerprint density at radius 2 is 2.00 bits per heavy atom. The van der Waals surface area contributed by atoms with Gasteiger partial charge in [-0.15, -0.1) is 0 Å². The number of aromatic nitrogens is 3. The minimum absolute atomic E-state index is 0.0513. The lowest BCUT2D eigenvalue weighted by atomic mass is 9.95. The molecule has 0 bridgehead atoms. The van der Waals surface area contributed by atoms with Crippen molar-refractivity contribution in [3.63, 3.8) is 0 Å². The molecule has 3 fully saturated rings. The zero-order valence-corrected chi connectivity index (χ0v) is 24.3. The maximum atomic E-state index is 16.6. The molecule has 4 atom stereocenters. The van der Waals surface area contributed by atoms with Gasteiger partial charge >= 0.3 is 12.2 Å². The topological polar surface area (TPSA) is 110 Å². The van der Waals surface area contributed by atoms with Crippen molar-refractivity contribution in [2.75, 3.05) is 43.5 Å². The molecule has 2 aromatic heterocycles.